The number of carbonyl (C=O) groups is 2. The minimum absolute atomic E-state index is 0.0305. The Labute approximate surface area is 178 Å². The predicted molar refractivity (Wildman–Crippen MR) is 118 cm³/mol. The van der Waals surface area contributed by atoms with Crippen LogP contribution in [0.15, 0.2) is 46.9 Å². The first-order chi connectivity index (χ1) is 13.3. The highest BCUT2D eigenvalue weighted by atomic mass is 79.9. The summed E-state index contributed by atoms with van der Waals surface area (Å²) in [5.41, 5.74) is 1.55. The van der Waals surface area contributed by atoms with E-state index in [-0.39, 0.29) is 23.0 Å². The molecule has 0 aliphatic rings. The third-order valence-corrected chi connectivity index (χ3v) is 4.33. The first-order valence-corrected chi connectivity index (χ1v) is 9.97. The summed E-state index contributed by atoms with van der Waals surface area (Å²) in [5.74, 6) is 0.137. The van der Waals surface area contributed by atoms with Crippen molar-refractivity contribution >= 4 is 50.8 Å². The lowest BCUT2D eigenvalue weighted by Crippen LogP contribution is -2.34. The predicted octanol–water partition coefficient (Wildman–Crippen LogP) is 4.11. The van der Waals surface area contributed by atoms with Crippen LogP contribution in [0.1, 0.15) is 41.5 Å². The van der Waals surface area contributed by atoms with Gasteiger partial charge >= 0.3 is 0 Å². The third-order valence-electron chi connectivity index (χ3n) is 3.50. The normalized spacial score (nSPS) is 10.3. The zero-order chi connectivity index (χ0) is 20.7. The number of nitrogens with one attached hydrogen (secondary N) is 3. The summed E-state index contributed by atoms with van der Waals surface area (Å²) in [5, 5.41) is 8.41. The Kier molecular flexibility index (Phi) is 7.95. The number of hydrogen-bond donors (Lipinski definition) is 3. The van der Waals surface area contributed by atoms with Gasteiger partial charge in [-0.15, -0.1) is 0 Å². The maximum absolute atomic E-state index is 12.4. The topological polar surface area (TPSA) is 79.5 Å². The minimum atomic E-state index is -0.353. The van der Waals surface area contributed by atoms with Crippen molar-refractivity contribution in [2.75, 3.05) is 11.9 Å². The molecule has 2 aromatic carbocycles. The number of amides is 2. The van der Waals surface area contributed by atoms with Crippen LogP contribution in [0.4, 0.5) is 5.69 Å². The molecule has 0 saturated heterocycles. The average molecular weight is 464 g/mol. The smallest absolute Gasteiger partial charge is 0.257 e. The number of ether oxygens (including phenoxy) is 1. The van der Waals surface area contributed by atoms with Gasteiger partial charge in [-0.1, -0.05) is 6.07 Å². The fourth-order valence-corrected chi connectivity index (χ4v) is 3.01. The van der Waals surface area contributed by atoms with Crippen LogP contribution in [0.3, 0.4) is 0 Å². The minimum Gasteiger partial charge on any atom is -0.490 e. The molecule has 3 N–H and O–H groups in total. The quantitative estimate of drug-likeness (QED) is 0.561. The van der Waals surface area contributed by atoms with E-state index in [1.165, 1.54) is 0 Å². The van der Waals surface area contributed by atoms with Crippen molar-refractivity contribution in [2.24, 2.45) is 0 Å². The number of carbonyl (C=O) groups excluding carboxylic acids is 2. The van der Waals surface area contributed by atoms with E-state index >= 15 is 0 Å². The van der Waals surface area contributed by atoms with Crippen LogP contribution >= 0.6 is 28.1 Å². The lowest BCUT2D eigenvalue weighted by molar-refractivity contribution is 0.0953. The van der Waals surface area contributed by atoms with Gasteiger partial charge in [0, 0.05) is 23.4 Å². The standard InChI is InChI=1S/C20H22BrN3O3S/c1-4-22-18(25)13-6-5-7-15(10-13)23-20(28)24-19(26)14-8-9-17(16(21)11-14)27-12(2)3/h5-12H,4H2,1-3H3,(H,22,25)(H2,23,24,26,28). The summed E-state index contributed by atoms with van der Waals surface area (Å²) >= 11 is 8.61. The zero-order valence-electron chi connectivity index (χ0n) is 15.8. The molecule has 0 bridgehead atoms. The van der Waals surface area contributed by atoms with Crippen molar-refractivity contribution in [3.8, 4) is 5.75 Å². The van der Waals surface area contributed by atoms with E-state index in [4.69, 9.17) is 17.0 Å². The molecule has 0 spiro atoms. The van der Waals surface area contributed by atoms with Crippen LogP contribution in [-0.2, 0) is 0 Å². The molecule has 148 valence electrons. The van der Waals surface area contributed by atoms with Crippen LogP contribution in [0.2, 0.25) is 0 Å². The molecular weight excluding hydrogens is 442 g/mol. The van der Waals surface area contributed by atoms with Gasteiger partial charge in [0.05, 0.1) is 10.6 Å². The van der Waals surface area contributed by atoms with Gasteiger partial charge < -0.3 is 15.4 Å². The molecule has 0 aliphatic carbocycles. The molecule has 2 rings (SSSR count). The maximum Gasteiger partial charge on any atom is 0.257 e. The Morgan fingerprint density at radius 1 is 1.11 bits per heavy atom. The summed E-state index contributed by atoms with van der Waals surface area (Å²) < 4.78 is 6.32. The molecule has 0 unspecified atom stereocenters. The Morgan fingerprint density at radius 3 is 2.46 bits per heavy atom. The SMILES string of the molecule is CCNC(=O)c1cccc(NC(=S)NC(=O)c2ccc(OC(C)C)c(Br)c2)c1. The molecule has 0 atom stereocenters. The van der Waals surface area contributed by atoms with E-state index in [1.807, 2.05) is 20.8 Å². The van der Waals surface area contributed by atoms with Crippen molar-refractivity contribution < 1.29 is 14.3 Å². The van der Waals surface area contributed by atoms with Crippen LogP contribution in [0, 0.1) is 0 Å². The molecule has 0 aliphatic heterocycles. The van der Waals surface area contributed by atoms with Gasteiger partial charge in [0.1, 0.15) is 5.75 Å². The highest BCUT2D eigenvalue weighted by Crippen LogP contribution is 2.27. The van der Waals surface area contributed by atoms with Gasteiger partial charge in [0.2, 0.25) is 0 Å². The van der Waals surface area contributed by atoms with Gasteiger partial charge in [0.25, 0.3) is 11.8 Å². The Balaban J connectivity index is 2.01. The van der Waals surface area contributed by atoms with Crippen LogP contribution in [0.25, 0.3) is 0 Å². The number of halogens is 1. The van der Waals surface area contributed by atoms with Gasteiger partial charge in [-0.3, -0.25) is 14.9 Å². The molecule has 28 heavy (non-hydrogen) atoms. The summed E-state index contributed by atoms with van der Waals surface area (Å²) in [6.07, 6.45) is 0.0305. The summed E-state index contributed by atoms with van der Waals surface area (Å²) in [7, 11) is 0. The summed E-state index contributed by atoms with van der Waals surface area (Å²) in [6.45, 7) is 6.25. The molecule has 0 fully saturated rings. The highest BCUT2D eigenvalue weighted by Gasteiger charge is 2.12. The molecule has 6 nitrogen and oxygen atoms in total. The largest absolute Gasteiger partial charge is 0.490 e. The molecule has 0 aromatic heterocycles. The van der Waals surface area contributed by atoms with Crippen molar-refractivity contribution in [1.29, 1.82) is 0 Å². The summed E-state index contributed by atoms with van der Waals surface area (Å²) in [4.78, 5) is 24.3. The maximum atomic E-state index is 12.4. The first kappa shape index (κ1) is 21.8. The van der Waals surface area contributed by atoms with E-state index in [0.29, 0.717) is 33.6 Å². The number of rotatable bonds is 6. The molecule has 8 heteroatoms. The second-order valence-corrected chi connectivity index (χ2v) is 7.42. The second-order valence-electron chi connectivity index (χ2n) is 6.16. The highest BCUT2D eigenvalue weighted by molar-refractivity contribution is 9.10. The number of anilines is 1. The van der Waals surface area contributed by atoms with E-state index in [9.17, 15) is 9.59 Å². The number of thiocarbonyl (C=S) groups is 1. The molecule has 2 aromatic rings. The van der Waals surface area contributed by atoms with Crippen LogP contribution < -0.4 is 20.7 Å². The van der Waals surface area contributed by atoms with Crippen LogP contribution in [0.5, 0.6) is 5.75 Å². The fraction of sp³-hybridized carbons (Fsp3) is 0.250. The number of hydrogen-bond acceptors (Lipinski definition) is 4. The monoisotopic (exact) mass is 463 g/mol. The Morgan fingerprint density at radius 2 is 1.82 bits per heavy atom. The Bertz CT molecular complexity index is 887. The molecule has 0 radical (unpaired) electrons. The van der Waals surface area contributed by atoms with E-state index in [2.05, 4.69) is 31.9 Å². The molecular formula is C20H22BrN3O3S. The molecule has 0 heterocycles. The first-order valence-electron chi connectivity index (χ1n) is 8.77. The van der Waals surface area contributed by atoms with Gasteiger partial charge in [-0.25, -0.2) is 0 Å². The van der Waals surface area contributed by atoms with Gasteiger partial charge in [0.15, 0.2) is 5.11 Å². The molecule has 2 amide bonds. The van der Waals surface area contributed by atoms with E-state index in [1.54, 1.807) is 42.5 Å². The van der Waals surface area contributed by atoms with Crippen molar-refractivity contribution in [2.45, 2.75) is 26.9 Å². The van der Waals surface area contributed by atoms with E-state index in [0.717, 1.165) is 0 Å². The fourth-order valence-electron chi connectivity index (χ4n) is 2.33. The van der Waals surface area contributed by atoms with Crippen molar-refractivity contribution in [3.05, 3.63) is 58.1 Å². The van der Waals surface area contributed by atoms with E-state index < -0.39 is 0 Å². The number of benzene rings is 2. The Hall–Kier alpha value is -2.45. The van der Waals surface area contributed by atoms with Crippen molar-refractivity contribution in [3.63, 3.8) is 0 Å². The third kappa shape index (κ3) is 6.31. The lowest BCUT2D eigenvalue weighted by Gasteiger charge is -2.13. The summed E-state index contributed by atoms with van der Waals surface area (Å²) in [6, 6.07) is 11.9. The van der Waals surface area contributed by atoms with Crippen molar-refractivity contribution in [1.82, 2.24) is 10.6 Å². The van der Waals surface area contributed by atoms with Gasteiger partial charge in [-0.2, -0.15) is 0 Å². The average Bonchev–Trinajstić information content (AvgIpc) is 2.63. The zero-order valence-corrected chi connectivity index (χ0v) is 18.2. The van der Waals surface area contributed by atoms with Crippen LogP contribution in [-0.4, -0.2) is 29.6 Å². The van der Waals surface area contributed by atoms with Gasteiger partial charge in [-0.05, 0) is 85.3 Å². The molecule has 0 saturated carbocycles. The second kappa shape index (κ2) is 10.2. The lowest BCUT2D eigenvalue weighted by atomic mass is 10.2.